The minimum absolute atomic E-state index is 0.0907. The first-order valence-electron chi connectivity index (χ1n) is 10.1. The zero-order chi connectivity index (χ0) is 20.6. The van der Waals surface area contributed by atoms with Gasteiger partial charge in [0.05, 0.1) is 18.3 Å². The Bertz CT molecular complexity index is 806. The first-order valence-corrected chi connectivity index (χ1v) is 10.1. The number of hydrogen-bond donors (Lipinski definition) is 1. The number of fused-ring (bicyclic) bond motifs is 1. The maximum absolute atomic E-state index is 11.7. The molecule has 1 saturated heterocycles. The summed E-state index contributed by atoms with van der Waals surface area (Å²) in [5.74, 6) is 2.39. The van der Waals surface area contributed by atoms with Crippen molar-refractivity contribution in [2.75, 3.05) is 0 Å². The fourth-order valence-electron chi connectivity index (χ4n) is 4.17. The molecule has 1 aromatic carbocycles. The van der Waals surface area contributed by atoms with Gasteiger partial charge in [0.2, 0.25) is 0 Å². The molecular weight excluding hydrogens is 356 g/mol. The van der Waals surface area contributed by atoms with Gasteiger partial charge in [-0.05, 0) is 71.6 Å². The summed E-state index contributed by atoms with van der Waals surface area (Å²) in [6.07, 6.45) is 3.87. The van der Waals surface area contributed by atoms with Crippen LogP contribution in [0.4, 0.5) is 0 Å². The van der Waals surface area contributed by atoms with Crippen LogP contribution >= 0.6 is 0 Å². The summed E-state index contributed by atoms with van der Waals surface area (Å²) in [7, 11) is 0. The van der Waals surface area contributed by atoms with Crippen molar-refractivity contribution in [2.24, 2.45) is 0 Å². The Morgan fingerprint density at radius 3 is 2.68 bits per heavy atom. The van der Waals surface area contributed by atoms with Crippen molar-refractivity contribution in [1.29, 1.82) is 0 Å². The Balaban J connectivity index is 1.94. The molecule has 1 fully saturated rings. The zero-order valence-electron chi connectivity index (χ0n) is 17.8. The molecule has 0 amide bonds. The molecule has 0 saturated carbocycles. The molecule has 0 bridgehead atoms. The Kier molecular flexibility index (Phi) is 5.76. The number of benzene rings is 1. The number of hydrogen-bond acceptors (Lipinski definition) is 5. The van der Waals surface area contributed by atoms with Crippen LogP contribution in [0.1, 0.15) is 69.2 Å². The summed E-state index contributed by atoms with van der Waals surface area (Å²) in [4.78, 5) is 11.7. The molecular formula is C23H32O5. The number of esters is 1. The van der Waals surface area contributed by atoms with Gasteiger partial charge in [-0.1, -0.05) is 0 Å². The van der Waals surface area contributed by atoms with Crippen molar-refractivity contribution in [2.45, 2.75) is 91.5 Å². The van der Waals surface area contributed by atoms with Crippen LogP contribution in [0.15, 0.2) is 11.8 Å². The van der Waals surface area contributed by atoms with E-state index in [1.165, 1.54) is 5.56 Å². The molecule has 1 N–H and O–H groups in total. The van der Waals surface area contributed by atoms with Crippen LogP contribution in [0.25, 0.3) is 0 Å². The number of carbonyl (C=O) groups is 1. The number of aliphatic hydroxyl groups is 1. The topological polar surface area (TPSA) is 65.0 Å². The molecule has 5 heteroatoms. The second-order valence-corrected chi connectivity index (χ2v) is 8.65. The molecule has 28 heavy (non-hydrogen) atoms. The number of ether oxygens (including phenoxy) is 3. The molecule has 2 aliphatic heterocycles. The van der Waals surface area contributed by atoms with E-state index in [1.807, 2.05) is 19.9 Å². The van der Waals surface area contributed by atoms with Crippen molar-refractivity contribution in [1.82, 2.24) is 0 Å². The molecule has 154 valence electrons. The van der Waals surface area contributed by atoms with Gasteiger partial charge in [0, 0.05) is 24.0 Å². The predicted octanol–water partition coefficient (Wildman–Crippen LogP) is 4.32. The van der Waals surface area contributed by atoms with Crippen LogP contribution in [0, 0.1) is 13.8 Å². The molecule has 2 heterocycles. The third-order valence-electron chi connectivity index (χ3n) is 5.74. The van der Waals surface area contributed by atoms with Gasteiger partial charge in [-0.15, -0.1) is 0 Å². The Hall–Kier alpha value is -2.01. The molecule has 0 spiro atoms. The maximum atomic E-state index is 11.7. The molecule has 2 unspecified atom stereocenters. The second-order valence-electron chi connectivity index (χ2n) is 8.65. The number of aliphatic hydroxyl groups excluding tert-OH is 1. The second kappa shape index (κ2) is 7.78. The van der Waals surface area contributed by atoms with Gasteiger partial charge in [0.15, 0.2) is 0 Å². The highest BCUT2D eigenvalue weighted by molar-refractivity contribution is 5.71. The van der Waals surface area contributed by atoms with Gasteiger partial charge >= 0.3 is 5.97 Å². The maximum Gasteiger partial charge on any atom is 0.308 e. The zero-order valence-corrected chi connectivity index (χ0v) is 17.8. The normalized spacial score (nSPS) is 23.8. The monoisotopic (exact) mass is 388 g/mol. The van der Waals surface area contributed by atoms with E-state index in [-0.39, 0.29) is 24.1 Å². The van der Waals surface area contributed by atoms with Crippen molar-refractivity contribution in [3.05, 3.63) is 34.1 Å². The van der Waals surface area contributed by atoms with Crippen molar-refractivity contribution >= 4 is 5.97 Å². The molecule has 3 rings (SSSR count). The van der Waals surface area contributed by atoms with Crippen LogP contribution < -0.4 is 9.47 Å². The van der Waals surface area contributed by atoms with E-state index in [0.29, 0.717) is 19.3 Å². The van der Waals surface area contributed by atoms with Gasteiger partial charge in [-0.3, -0.25) is 4.79 Å². The highest BCUT2D eigenvalue weighted by Crippen LogP contribution is 2.46. The molecule has 1 aromatic rings. The standard InChI is InChI=1S/C23H32O5/c1-7-13(2)26-21-14(3)18(9-8-17-10-16(24)11-20(25)27-17)22-19(15(21)4)12-23(5,6)28-22/h7,16-17,24H,8-12H2,1-6H3/b13-7-. The van der Waals surface area contributed by atoms with E-state index < -0.39 is 6.10 Å². The molecule has 2 atom stereocenters. The highest BCUT2D eigenvalue weighted by Gasteiger charge is 2.36. The summed E-state index contributed by atoms with van der Waals surface area (Å²) in [6, 6.07) is 0. The lowest BCUT2D eigenvalue weighted by Crippen LogP contribution is -2.32. The lowest BCUT2D eigenvalue weighted by Gasteiger charge is -2.27. The van der Waals surface area contributed by atoms with E-state index in [1.54, 1.807) is 0 Å². The minimum Gasteiger partial charge on any atom is -0.487 e. The quantitative estimate of drug-likeness (QED) is 0.601. The lowest BCUT2D eigenvalue weighted by atomic mass is 9.90. The van der Waals surface area contributed by atoms with Gasteiger partial charge in [0.1, 0.15) is 23.2 Å². The van der Waals surface area contributed by atoms with Crippen molar-refractivity contribution in [3.8, 4) is 11.5 Å². The summed E-state index contributed by atoms with van der Waals surface area (Å²) in [5, 5.41) is 9.88. The van der Waals surface area contributed by atoms with Gasteiger partial charge in [0.25, 0.3) is 0 Å². The van der Waals surface area contributed by atoms with E-state index in [0.717, 1.165) is 40.4 Å². The predicted molar refractivity (Wildman–Crippen MR) is 108 cm³/mol. The molecule has 0 aliphatic carbocycles. The van der Waals surface area contributed by atoms with Gasteiger partial charge in [-0.2, -0.15) is 0 Å². The number of carbonyl (C=O) groups excluding carboxylic acids is 1. The SMILES string of the molecule is C/C=C(/C)Oc1c(C)c(CCC2CC(O)CC(=O)O2)c2c(c1C)CC(C)(C)O2. The molecule has 2 aliphatic rings. The van der Waals surface area contributed by atoms with Crippen LogP contribution in [0.5, 0.6) is 11.5 Å². The number of cyclic esters (lactones) is 1. The lowest BCUT2D eigenvalue weighted by molar-refractivity contribution is -0.160. The van der Waals surface area contributed by atoms with Crippen LogP contribution in [0.2, 0.25) is 0 Å². The number of allylic oxidation sites excluding steroid dienone is 2. The fraction of sp³-hybridized carbons (Fsp3) is 0.609. The average molecular weight is 389 g/mol. The van der Waals surface area contributed by atoms with Crippen molar-refractivity contribution in [3.63, 3.8) is 0 Å². The third kappa shape index (κ3) is 4.19. The molecule has 0 radical (unpaired) electrons. The van der Waals surface area contributed by atoms with E-state index in [9.17, 15) is 9.90 Å². The largest absolute Gasteiger partial charge is 0.487 e. The molecule has 0 aromatic heterocycles. The van der Waals surface area contributed by atoms with Crippen LogP contribution in [0.3, 0.4) is 0 Å². The first kappa shape index (κ1) is 20.7. The van der Waals surface area contributed by atoms with Crippen molar-refractivity contribution < 1.29 is 24.1 Å². The van der Waals surface area contributed by atoms with E-state index in [2.05, 4.69) is 27.7 Å². The fourth-order valence-corrected chi connectivity index (χ4v) is 4.17. The summed E-state index contributed by atoms with van der Waals surface area (Å²) < 4.78 is 17.9. The minimum atomic E-state index is -0.609. The summed E-state index contributed by atoms with van der Waals surface area (Å²) >= 11 is 0. The number of rotatable bonds is 5. The highest BCUT2D eigenvalue weighted by atomic mass is 16.5. The Morgan fingerprint density at radius 1 is 1.32 bits per heavy atom. The van der Waals surface area contributed by atoms with Crippen LogP contribution in [-0.4, -0.2) is 28.9 Å². The molecule has 5 nitrogen and oxygen atoms in total. The van der Waals surface area contributed by atoms with Gasteiger partial charge < -0.3 is 19.3 Å². The summed E-state index contributed by atoms with van der Waals surface area (Å²) in [6.45, 7) is 12.3. The van der Waals surface area contributed by atoms with E-state index in [4.69, 9.17) is 14.2 Å². The first-order chi connectivity index (χ1) is 13.1. The summed E-state index contributed by atoms with van der Waals surface area (Å²) in [5.41, 5.74) is 4.25. The average Bonchev–Trinajstić information content (AvgIpc) is 2.93. The Labute approximate surface area is 167 Å². The van der Waals surface area contributed by atoms with Crippen LogP contribution in [-0.2, 0) is 22.4 Å². The Morgan fingerprint density at radius 2 is 2.04 bits per heavy atom. The van der Waals surface area contributed by atoms with Gasteiger partial charge in [-0.25, -0.2) is 0 Å². The smallest absolute Gasteiger partial charge is 0.308 e. The third-order valence-corrected chi connectivity index (χ3v) is 5.74. The van der Waals surface area contributed by atoms with E-state index >= 15 is 0 Å².